The van der Waals surface area contributed by atoms with Gasteiger partial charge in [-0.25, -0.2) is 0 Å². The van der Waals surface area contributed by atoms with Crippen molar-refractivity contribution >= 4 is 28.5 Å². The van der Waals surface area contributed by atoms with E-state index in [1.165, 1.54) is 10.9 Å². The highest BCUT2D eigenvalue weighted by molar-refractivity contribution is 5.97. The number of carbonyl (C=O) groups is 1. The number of aromatic nitrogens is 1. The Morgan fingerprint density at radius 3 is 2.79 bits per heavy atom. The number of para-hydroxylation sites is 2. The fourth-order valence-corrected chi connectivity index (χ4v) is 3.70. The van der Waals surface area contributed by atoms with Crippen LogP contribution in [0.15, 0.2) is 65.8 Å². The van der Waals surface area contributed by atoms with Gasteiger partial charge in [0, 0.05) is 49.3 Å². The number of aliphatic imine (C=N–C) groups is 1. The number of rotatable bonds is 5. The lowest BCUT2D eigenvalue weighted by molar-refractivity contribution is -0.117. The minimum absolute atomic E-state index is 0.0481. The average molecular weight is 375 g/mol. The summed E-state index contributed by atoms with van der Waals surface area (Å²) in [5.74, 6) is 0.866. The fraction of sp³-hybridized carbons (Fsp3) is 0.273. The lowest BCUT2D eigenvalue weighted by Gasteiger charge is -2.19. The van der Waals surface area contributed by atoms with Crippen molar-refractivity contribution in [3.05, 3.63) is 66.4 Å². The molecule has 3 N–H and O–H groups in total. The maximum Gasteiger partial charge on any atom is 0.229 e. The second-order valence-corrected chi connectivity index (χ2v) is 6.99. The summed E-state index contributed by atoms with van der Waals surface area (Å²) in [5, 5.41) is 8.00. The maximum absolute atomic E-state index is 12.4. The number of amides is 1. The van der Waals surface area contributed by atoms with E-state index in [2.05, 4.69) is 45.0 Å². The monoisotopic (exact) mass is 375 g/mol. The highest BCUT2D eigenvalue weighted by Crippen LogP contribution is 2.21. The Labute approximate surface area is 164 Å². The molecule has 2 aromatic carbocycles. The normalized spacial score (nSPS) is 17.3. The van der Waals surface area contributed by atoms with Gasteiger partial charge in [0.1, 0.15) is 0 Å². The highest BCUT2D eigenvalue weighted by atomic mass is 16.2. The summed E-state index contributed by atoms with van der Waals surface area (Å²) in [7, 11) is 1.76. The van der Waals surface area contributed by atoms with Crippen LogP contribution in [-0.2, 0) is 11.2 Å². The van der Waals surface area contributed by atoms with Crippen LogP contribution < -0.4 is 15.5 Å². The van der Waals surface area contributed by atoms with Crippen molar-refractivity contribution < 1.29 is 4.79 Å². The number of nitrogens with zero attached hydrogens (tertiary/aromatic N) is 2. The van der Waals surface area contributed by atoms with Gasteiger partial charge in [0.05, 0.1) is 6.04 Å². The molecule has 144 valence electrons. The number of benzene rings is 2. The van der Waals surface area contributed by atoms with Crippen LogP contribution in [0.5, 0.6) is 0 Å². The summed E-state index contributed by atoms with van der Waals surface area (Å²) in [5.41, 5.74) is 3.38. The second-order valence-electron chi connectivity index (χ2n) is 6.99. The highest BCUT2D eigenvalue weighted by Gasteiger charge is 2.30. The lowest BCUT2D eigenvalue weighted by atomic mass is 10.1. The molecule has 6 nitrogen and oxygen atoms in total. The molecule has 0 radical (unpaired) electrons. The molecule has 1 amide bonds. The molecule has 1 fully saturated rings. The van der Waals surface area contributed by atoms with Crippen molar-refractivity contribution in [1.82, 2.24) is 15.6 Å². The first-order valence-corrected chi connectivity index (χ1v) is 9.62. The molecule has 0 saturated carbocycles. The largest absolute Gasteiger partial charge is 0.361 e. The minimum atomic E-state index is 0.0481. The van der Waals surface area contributed by atoms with Gasteiger partial charge in [0.25, 0.3) is 0 Å². The Morgan fingerprint density at radius 1 is 1.18 bits per heavy atom. The first kappa shape index (κ1) is 18.1. The Balaban J connectivity index is 1.31. The van der Waals surface area contributed by atoms with Gasteiger partial charge < -0.3 is 20.5 Å². The molecule has 0 bridgehead atoms. The van der Waals surface area contributed by atoms with Crippen LogP contribution in [0.25, 0.3) is 10.9 Å². The minimum Gasteiger partial charge on any atom is -0.361 e. The van der Waals surface area contributed by atoms with E-state index in [0.717, 1.165) is 30.1 Å². The Morgan fingerprint density at radius 2 is 1.96 bits per heavy atom. The standard InChI is InChI=1S/C22H25N5O/c1-23-22(24-12-11-16-14-25-20-10-6-5-9-19(16)20)26-17-13-21(28)27(15-17)18-7-3-2-4-8-18/h2-10,14,17,25H,11-13,15H2,1H3,(H2,23,24,26). The molecule has 6 heteroatoms. The topological polar surface area (TPSA) is 72.5 Å². The molecule has 28 heavy (non-hydrogen) atoms. The van der Waals surface area contributed by atoms with Crippen molar-refractivity contribution in [2.24, 2.45) is 4.99 Å². The molecule has 2 heterocycles. The van der Waals surface area contributed by atoms with Gasteiger partial charge in [-0.1, -0.05) is 36.4 Å². The number of carbonyl (C=O) groups excluding carboxylic acids is 1. The molecule has 1 atom stereocenters. The molecule has 1 aromatic heterocycles. The van der Waals surface area contributed by atoms with E-state index in [9.17, 15) is 4.79 Å². The number of H-pyrrole nitrogens is 1. The zero-order valence-electron chi connectivity index (χ0n) is 16.0. The van der Waals surface area contributed by atoms with E-state index in [-0.39, 0.29) is 11.9 Å². The number of nitrogens with one attached hydrogen (secondary N) is 3. The molecule has 1 aliphatic heterocycles. The third-order valence-corrected chi connectivity index (χ3v) is 5.12. The van der Waals surface area contributed by atoms with Crippen LogP contribution in [0, 0.1) is 0 Å². The third kappa shape index (κ3) is 3.86. The Bertz CT molecular complexity index is 979. The van der Waals surface area contributed by atoms with Crippen LogP contribution in [-0.4, -0.2) is 43.0 Å². The predicted octanol–water partition coefficient (Wildman–Crippen LogP) is 2.68. The van der Waals surface area contributed by atoms with Gasteiger partial charge >= 0.3 is 0 Å². The summed E-state index contributed by atoms with van der Waals surface area (Å²) in [4.78, 5) is 21.8. The predicted molar refractivity (Wildman–Crippen MR) is 114 cm³/mol. The average Bonchev–Trinajstić information content (AvgIpc) is 3.31. The lowest BCUT2D eigenvalue weighted by Crippen LogP contribution is -2.45. The summed E-state index contributed by atoms with van der Waals surface area (Å²) < 4.78 is 0. The number of fused-ring (bicyclic) bond motifs is 1. The number of aromatic amines is 1. The van der Waals surface area contributed by atoms with Crippen LogP contribution in [0.3, 0.4) is 0 Å². The molecule has 1 saturated heterocycles. The van der Waals surface area contributed by atoms with Crippen molar-refractivity contribution in [1.29, 1.82) is 0 Å². The first-order chi connectivity index (χ1) is 13.7. The van der Waals surface area contributed by atoms with E-state index in [0.29, 0.717) is 13.0 Å². The zero-order valence-corrected chi connectivity index (χ0v) is 16.0. The van der Waals surface area contributed by atoms with Crippen LogP contribution >= 0.6 is 0 Å². The summed E-state index contributed by atoms with van der Waals surface area (Å²) in [6.45, 7) is 1.41. The van der Waals surface area contributed by atoms with Crippen LogP contribution in [0.1, 0.15) is 12.0 Å². The molecule has 4 rings (SSSR count). The number of guanidine groups is 1. The van der Waals surface area contributed by atoms with E-state index < -0.39 is 0 Å². The van der Waals surface area contributed by atoms with Crippen molar-refractivity contribution in [2.75, 3.05) is 25.0 Å². The number of hydrogen-bond acceptors (Lipinski definition) is 2. The molecule has 0 spiro atoms. The van der Waals surface area contributed by atoms with Crippen LogP contribution in [0.4, 0.5) is 5.69 Å². The summed E-state index contributed by atoms with van der Waals surface area (Å²) >= 11 is 0. The molecule has 1 unspecified atom stereocenters. The van der Waals surface area contributed by atoms with E-state index in [1.54, 1.807) is 7.05 Å². The quantitative estimate of drug-likeness (QED) is 0.474. The van der Waals surface area contributed by atoms with Gasteiger partial charge in [0.2, 0.25) is 5.91 Å². The van der Waals surface area contributed by atoms with Gasteiger partial charge in [-0.15, -0.1) is 0 Å². The van der Waals surface area contributed by atoms with Gasteiger partial charge in [-0.05, 0) is 30.2 Å². The number of anilines is 1. The SMILES string of the molecule is CN=C(NCCc1c[nH]c2ccccc12)NC1CC(=O)N(c2ccccc2)C1. The molecular formula is C22H25N5O. The van der Waals surface area contributed by atoms with Gasteiger partial charge in [-0.2, -0.15) is 0 Å². The first-order valence-electron chi connectivity index (χ1n) is 9.62. The molecule has 3 aromatic rings. The van der Waals surface area contributed by atoms with E-state index in [4.69, 9.17) is 0 Å². The van der Waals surface area contributed by atoms with Gasteiger partial charge in [-0.3, -0.25) is 9.79 Å². The fourth-order valence-electron chi connectivity index (χ4n) is 3.70. The third-order valence-electron chi connectivity index (χ3n) is 5.12. The second kappa shape index (κ2) is 8.17. The van der Waals surface area contributed by atoms with Crippen LogP contribution in [0.2, 0.25) is 0 Å². The van der Waals surface area contributed by atoms with Crippen molar-refractivity contribution in [3.63, 3.8) is 0 Å². The number of hydrogen-bond donors (Lipinski definition) is 3. The van der Waals surface area contributed by atoms with Crippen molar-refractivity contribution in [2.45, 2.75) is 18.9 Å². The summed E-state index contributed by atoms with van der Waals surface area (Å²) in [6.07, 6.45) is 3.43. The Kier molecular flexibility index (Phi) is 5.28. The van der Waals surface area contributed by atoms with E-state index in [1.807, 2.05) is 41.3 Å². The zero-order chi connectivity index (χ0) is 19.3. The summed E-state index contributed by atoms with van der Waals surface area (Å²) in [6, 6.07) is 18.2. The van der Waals surface area contributed by atoms with E-state index >= 15 is 0 Å². The molecule has 0 aliphatic carbocycles. The van der Waals surface area contributed by atoms with Gasteiger partial charge in [0.15, 0.2) is 5.96 Å². The molecule has 1 aliphatic rings. The maximum atomic E-state index is 12.4. The van der Waals surface area contributed by atoms with Crippen molar-refractivity contribution in [3.8, 4) is 0 Å². The Hall–Kier alpha value is -3.28. The smallest absolute Gasteiger partial charge is 0.229 e. The molecular weight excluding hydrogens is 350 g/mol.